The molecule has 1 aliphatic heterocycles. The second-order valence-electron chi connectivity index (χ2n) is 6.82. The van der Waals surface area contributed by atoms with Gasteiger partial charge in [-0.05, 0) is 43.2 Å². The summed E-state index contributed by atoms with van der Waals surface area (Å²) in [5.74, 6) is -0.389. The lowest BCUT2D eigenvalue weighted by atomic mass is 10.0. The van der Waals surface area contributed by atoms with E-state index in [2.05, 4.69) is 23.3 Å². The predicted octanol–water partition coefficient (Wildman–Crippen LogP) is 2.97. The molecule has 1 saturated heterocycles. The Bertz CT molecular complexity index is 892. The zero-order valence-corrected chi connectivity index (χ0v) is 16.5. The van der Waals surface area contributed by atoms with E-state index in [1.807, 2.05) is 12.1 Å². The Morgan fingerprint density at radius 1 is 1.04 bits per heavy atom. The summed E-state index contributed by atoms with van der Waals surface area (Å²) in [6.07, 6.45) is 1.38. The lowest BCUT2D eigenvalue weighted by Gasteiger charge is -2.32. The van der Waals surface area contributed by atoms with E-state index >= 15 is 0 Å². The van der Waals surface area contributed by atoms with Gasteiger partial charge in [0.05, 0.1) is 5.56 Å². The van der Waals surface area contributed by atoms with Crippen molar-refractivity contribution in [3.63, 3.8) is 0 Å². The van der Waals surface area contributed by atoms with Gasteiger partial charge in [0, 0.05) is 42.2 Å². The molecule has 1 aliphatic rings. The van der Waals surface area contributed by atoms with Gasteiger partial charge in [-0.3, -0.25) is 14.4 Å². The first kappa shape index (κ1) is 19.9. The topological polar surface area (TPSA) is 78.5 Å². The van der Waals surface area contributed by atoms with Gasteiger partial charge in [-0.1, -0.05) is 18.2 Å². The number of anilines is 1. The molecule has 0 aliphatic carbocycles. The summed E-state index contributed by atoms with van der Waals surface area (Å²) in [7, 11) is 0. The van der Waals surface area contributed by atoms with E-state index in [-0.39, 0.29) is 23.8 Å². The third-order valence-electron chi connectivity index (χ3n) is 4.70. The van der Waals surface area contributed by atoms with Crippen LogP contribution in [0.3, 0.4) is 0 Å². The van der Waals surface area contributed by atoms with E-state index in [0.717, 1.165) is 0 Å². The molecule has 28 heavy (non-hydrogen) atoms. The minimum atomic E-state index is -0.177. The van der Waals surface area contributed by atoms with E-state index in [4.69, 9.17) is 0 Å². The van der Waals surface area contributed by atoms with Gasteiger partial charge in [-0.15, -0.1) is 12.6 Å². The van der Waals surface area contributed by atoms with Crippen LogP contribution in [0.25, 0.3) is 0 Å². The van der Waals surface area contributed by atoms with Crippen LogP contribution in [0.2, 0.25) is 0 Å². The van der Waals surface area contributed by atoms with Gasteiger partial charge in [0.25, 0.3) is 11.8 Å². The van der Waals surface area contributed by atoms with Crippen LogP contribution in [0.5, 0.6) is 0 Å². The quantitative estimate of drug-likeness (QED) is 0.694. The summed E-state index contributed by atoms with van der Waals surface area (Å²) in [4.78, 5) is 38.8. The van der Waals surface area contributed by atoms with Crippen molar-refractivity contribution in [2.45, 2.75) is 30.7 Å². The first-order valence-electron chi connectivity index (χ1n) is 9.20. The first-order valence-corrected chi connectivity index (χ1v) is 9.64. The normalized spacial score (nSPS) is 14.4. The zero-order valence-electron chi connectivity index (χ0n) is 15.6. The standard InChI is InChI=1S/C21H23N3O3S/c1-14(25)22-17-6-4-5-15(13-17)21(27)24-11-9-16(10-12-24)23-20(26)18-7-2-3-8-19(18)28/h2-8,13,16,28H,9-12H2,1H3,(H,22,25)(H,23,26). The average Bonchev–Trinajstić information content (AvgIpc) is 2.68. The number of piperidine rings is 1. The smallest absolute Gasteiger partial charge is 0.253 e. The van der Waals surface area contributed by atoms with Gasteiger partial charge < -0.3 is 15.5 Å². The fourth-order valence-corrected chi connectivity index (χ4v) is 3.53. The van der Waals surface area contributed by atoms with Crippen molar-refractivity contribution in [3.05, 3.63) is 59.7 Å². The molecule has 0 spiro atoms. The van der Waals surface area contributed by atoms with Gasteiger partial charge in [-0.25, -0.2) is 0 Å². The molecule has 3 rings (SSSR count). The Labute approximate surface area is 169 Å². The number of hydrogen-bond acceptors (Lipinski definition) is 4. The molecule has 0 saturated carbocycles. The number of rotatable bonds is 4. The van der Waals surface area contributed by atoms with Crippen molar-refractivity contribution < 1.29 is 14.4 Å². The van der Waals surface area contributed by atoms with Crippen molar-refractivity contribution in [2.75, 3.05) is 18.4 Å². The second-order valence-corrected chi connectivity index (χ2v) is 7.30. The van der Waals surface area contributed by atoms with Crippen molar-refractivity contribution >= 4 is 36.0 Å². The monoisotopic (exact) mass is 397 g/mol. The minimum Gasteiger partial charge on any atom is -0.349 e. The maximum absolute atomic E-state index is 12.7. The average molecular weight is 398 g/mol. The van der Waals surface area contributed by atoms with E-state index in [0.29, 0.717) is 47.6 Å². The Hall–Kier alpha value is -2.80. The second kappa shape index (κ2) is 8.93. The highest BCUT2D eigenvalue weighted by Crippen LogP contribution is 2.18. The molecule has 1 heterocycles. The molecule has 0 unspecified atom stereocenters. The Morgan fingerprint density at radius 2 is 1.75 bits per heavy atom. The summed E-state index contributed by atoms with van der Waals surface area (Å²) in [6, 6.07) is 14.1. The Morgan fingerprint density at radius 3 is 2.43 bits per heavy atom. The Kier molecular flexibility index (Phi) is 6.36. The molecular weight excluding hydrogens is 374 g/mol. The molecule has 6 nitrogen and oxygen atoms in total. The summed E-state index contributed by atoms with van der Waals surface area (Å²) in [6.45, 7) is 2.56. The van der Waals surface area contributed by atoms with Crippen LogP contribution in [0.4, 0.5) is 5.69 Å². The maximum Gasteiger partial charge on any atom is 0.253 e. The number of hydrogen-bond donors (Lipinski definition) is 3. The molecule has 0 bridgehead atoms. The van der Waals surface area contributed by atoms with Gasteiger partial charge in [0.1, 0.15) is 0 Å². The molecule has 2 N–H and O–H groups in total. The number of nitrogens with one attached hydrogen (secondary N) is 2. The SMILES string of the molecule is CC(=O)Nc1cccc(C(=O)N2CCC(NC(=O)c3ccccc3S)CC2)c1. The molecule has 0 radical (unpaired) electrons. The van der Waals surface area contributed by atoms with Crippen LogP contribution in [0.1, 0.15) is 40.5 Å². The fraction of sp³-hybridized carbons (Fsp3) is 0.286. The highest BCUT2D eigenvalue weighted by molar-refractivity contribution is 7.80. The van der Waals surface area contributed by atoms with Crippen molar-refractivity contribution in [1.29, 1.82) is 0 Å². The summed E-state index contributed by atoms with van der Waals surface area (Å²) in [5.41, 5.74) is 1.70. The largest absolute Gasteiger partial charge is 0.349 e. The number of amides is 3. The molecule has 146 valence electrons. The van der Waals surface area contributed by atoms with Crippen LogP contribution in [-0.2, 0) is 4.79 Å². The zero-order chi connectivity index (χ0) is 20.1. The lowest BCUT2D eigenvalue weighted by Crippen LogP contribution is -2.46. The number of likely N-dealkylation sites (tertiary alicyclic amines) is 1. The molecule has 0 atom stereocenters. The molecule has 7 heteroatoms. The van der Waals surface area contributed by atoms with Gasteiger partial charge in [-0.2, -0.15) is 0 Å². The minimum absolute atomic E-state index is 0.0233. The van der Waals surface area contributed by atoms with Crippen molar-refractivity contribution in [2.24, 2.45) is 0 Å². The number of thiol groups is 1. The number of carbonyl (C=O) groups excluding carboxylic acids is 3. The molecule has 2 aromatic carbocycles. The molecule has 0 aromatic heterocycles. The molecule has 2 aromatic rings. The van der Waals surface area contributed by atoms with E-state index < -0.39 is 0 Å². The number of carbonyl (C=O) groups is 3. The van der Waals surface area contributed by atoms with Crippen molar-refractivity contribution in [3.8, 4) is 0 Å². The van der Waals surface area contributed by atoms with E-state index in [1.54, 1.807) is 41.3 Å². The molecular formula is C21H23N3O3S. The highest BCUT2D eigenvalue weighted by atomic mass is 32.1. The van der Waals surface area contributed by atoms with Gasteiger partial charge in [0.2, 0.25) is 5.91 Å². The van der Waals surface area contributed by atoms with Crippen LogP contribution in [0, 0.1) is 0 Å². The maximum atomic E-state index is 12.7. The lowest BCUT2D eigenvalue weighted by molar-refractivity contribution is -0.114. The number of nitrogens with zero attached hydrogens (tertiary/aromatic N) is 1. The molecule has 1 fully saturated rings. The first-order chi connectivity index (χ1) is 13.4. The van der Waals surface area contributed by atoms with Crippen LogP contribution < -0.4 is 10.6 Å². The molecule has 3 amide bonds. The van der Waals surface area contributed by atoms with Crippen LogP contribution in [0.15, 0.2) is 53.4 Å². The van der Waals surface area contributed by atoms with Crippen LogP contribution in [-0.4, -0.2) is 41.8 Å². The summed E-state index contributed by atoms with van der Waals surface area (Å²) in [5, 5.41) is 5.72. The highest BCUT2D eigenvalue weighted by Gasteiger charge is 2.25. The van der Waals surface area contributed by atoms with Crippen molar-refractivity contribution in [1.82, 2.24) is 10.2 Å². The van der Waals surface area contributed by atoms with Gasteiger partial charge in [0.15, 0.2) is 0 Å². The van der Waals surface area contributed by atoms with Crippen LogP contribution >= 0.6 is 12.6 Å². The summed E-state index contributed by atoms with van der Waals surface area (Å²) >= 11 is 4.33. The van der Waals surface area contributed by atoms with Gasteiger partial charge >= 0.3 is 0 Å². The third kappa shape index (κ3) is 4.92. The third-order valence-corrected chi connectivity index (χ3v) is 5.09. The number of benzene rings is 2. The fourth-order valence-electron chi connectivity index (χ4n) is 3.27. The predicted molar refractivity (Wildman–Crippen MR) is 111 cm³/mol. The Balaban J connectivity index is 1.56. The van der Waals surface area contributed by atoms with E-state index in [9.17, 15) is 14.4 Å². The summed E-state index contributed by atoms with van der Waals surface area (Å²) < 4.78 is 0. The van der Waals surface area contributed by atoms with E-state index in [1.165, 1.54) is 6.92 Å².